The predicted octanol–water partition coefficient (Wildman–Crippen LogP) is 4.67. The van der Waals surface area contributed by atoms with E-state index in [0.29, 0.717) is 16.8 Å². The Morgan fingerprint density at radius 3 is 2.42 bits per heavy atom. The second-order valence-corrected chi connectivity index (χ2v) is 5.33. The Labute approximate surface area is 145 Å². The third-order valence-electron chi connectivity index (χ3n) is 3.58. The van der Waals surface area contributed by atoms with Gasteiger partial charge in [-0.25, -0.2) is 4.39 Å². The standard InChI is InChI=1S/C18H10F4N4/c19-15-7-6-12(9-14(15)18(20,21)22)5-4-11-2-1-3-13(8-11)17-16(10-23)24-26-25-17/h1-9H,(H,24,25,26). The average Bonchev–Trinajstić information content (AvgIpc) is 3.09. The first-order valence-electron chi connectivity index (χ1n) is 7.34. The first-order valence-corrected chi connectivity index (χ1v) is 7.34. The van der Waals surface area contributed by atoms with Crippen molar-refractivity contribution < 1.29 is 17.6 Å². The highest BCUT2D eigenvalue weighted by atomic mass is 19.4. The Bertz CT molecular complexity index is 1010. The fourth-order valence-electron chi connectivity index (χ4n) is 2.36. The molecule has 1 heterocycles. The van der Waals surface area contributed by atoms with Crippen molar-refractivity contribution in [3.05, 3.63) is 70.7 Å². The van der Waals surface area contributed by atoms with Crippen LogP contribution in [0.1, 0.15) is 22.4 Å². The van der Waals surface area contributed by atoms with E-state index >= 15 is 0 Å². The van der Waals surface area contributed by atoms with Gasteiger partial charge >= 0.3 is 6.18 Å². The average molecular weight is 358 g/mol. The smallest absolute Gasteiger partial charge is 0.206 e. The molecule has 0 amide bonds. The molecule has 3 aromatic rings. The van der Waals surface area contributed by atoms with Crippen molar-refractivity contribution in [2.75, 3.05) is 0 Å². The number of benzene rings is 2. The van der Waals surface area contributed by atoms with Crippen LogP contribution in [-0.4, -0.2) is 15.4 Å². The van der Waals surface area contributed by atoms with Crippen molar-refractivity contribution in [2.24, 2.45) is 0 Å². The fourth-order valence-corrected chi connectivity index (χ4v) is 2.36. The lowest BCUT2D eigenvalue weighted by molar-refractivity contribution is -0.140. The predicted molar refractivity (Wildman–Crippen MR) is 86.9 cm³/mol. The van der Waals surface area contributed by atoms with Crippen LogP contribution in [0, 0.1) is 17.1 Å². The molecule has 130 valence electrons. The van der Waals surface area contributed by atoms with Crippen molar-refractivity contribution in [1.29, 1.82) is 5.26 Å². The van der Waals surface area contributed by atoms with Crippen LogP contribution in [0.2, 0.25) is 0 Å². The number of nitrogens with one attached hydrogen (secondary N) is 1. The molecule has 0 bridgehead atoms. The van der Waals surface area contributed by atoms with Gasteiger partial charge in [0, 0.05) is 5.56 Å². The summed E-state index contributed by atoms with van der Waals surface area (Å²) in [5.74, 6) is -1.31. The number of halogens is 4. The minimum atomic E-state index is -4.76. The number of rotatable bonds is 3. The highest BCUT2D eigenvalue weighted by Gasteiger charge is 2.33. The van der Waals surface area contributed by atoms with Gasteiger partial charge in [-0.3, -0.25) is 0 Å². The van der Waals surface area contributed by atoms with E-state index in [1.165, 1.54) is 12.1 Å². The molecule has 0 spiro atoms. The number of aromatic amines is 1. The lowest BCUT2D eigenvalue weighted by Gasteiger charge is -2.08. The van der Waals surface area contributed by atoms with Crippen LogP contribution in [0.15, 0.2) is 42.5 Å². The van der Waals surface area contributed by atoms with Crippen LogP contribution in [-0.2, 0) is 6.18 Å². The Balaban J connectivity index is 1.91. The maximum atomic E-state index is 13.3. The molecule has 1 aromatic heterocycles. The van der Waals surface area contributed by atoms with Crippen LogP contribution < -0.4 is 0 Å². The maximum absolute atomic E-state index is 13.3. The molecule has 0 aliphatic rings. The summed E-state index contributed by atoms with van der Waals surface area (Å²) >= 11 is 0. The van der Waals surface area contributed by atoms with Gasteiger partial charge in [0.1, 0.15) is 17.6 Å². The van der Waals surface area contributed by atoms with Gasteiger partial charge in [-0.1, -0.05) is 36.4 Å². The number of hydrogen-bond acceptors (Lipinski definition) is 3. The van der Waals surface area contributed by atoms with E-state index in [-0.39, 0.29) is 11.3 Å². The minimum absolute atomic E-state index is 0.138. The Morgan fingerprint density at radius 1 is 1.00 bits per heavy atom. The van der Waals surface area contributed by atoms with Gasteiger partial charge in [-0.05, 0) is 29.3 Å². The molecule has 0 unspecified atom stereocenters. The molecule has 8 heteroatoms. The zero-order valence-corrected chi connectivity index (χ0v) is 13.0. The summed E-state index contributed by atoms with van der Waals surface area (Å²) in [5.41, 5.74) is 0.723. The molecular weight excluding hydrogens is 348 g/mol. The summed E-state index contributed by atoms with van der Waals surface area (Å²) in [5, 5.41) is 19.0. The molecule has 0 fully saturated rings. The largest absolute Gasteiger partial charge is 0.419 e. The van der Waals surface area contributed by atoms with Crippen molar-refractivity contribution in [3.8, 4) is 17.3 Å². The second kappa shape index (κ2) is 6.80. The number of hydrogen-bond donors (Lipinski definition) is 1. The Morgan fingerprint density at radius 2 is 1.73 bits per heavy atom. The minimum Gasteiger partial charge on any atom is -0.206 e. The summed E-state index contributed by atoms with van der Waals surface area (Å²) < 4.78 is 51.6. The van der Waals surface area contributed by atoms with Crippen LogP contribution in [0.4, 0.5) is 17.6 Å². The number of alkyl halides is 3. The van der Waals surface area contributed by atoms with E-state index in [1.54, 1.807) is 30.3 Å². The zero-order chi connectivity index (χ0) is 18.7. The second-order valence-electron chi connectivity index (χ2n) is 5.33. The molecule has 3 rings (SSSR count). The van der Waals surface area contributed by atoms with Gasteiger partial charge in [0.25, 0.3) is 0 Å². The fraction of sp³-hybridized carbons (Fsp3) is 0.0556. The van der Waals surface area contributed by atoms with Crippen molar-refractivity contribution >= 4 is 12.2 Å². The SMILES string of the molecule is N#Cc1n[nH]nc1-c1cccc(C=Cc2ccc(F)c(C(F)(F)F)c2)c1. The molecule has 0 radical (unpaired) electrons. The van der Waals surface area contributed by atoms with E-state index in [2.05, 4.69) is 15.4 Å². The Kier molecular flexibility index (Phi) is 4.54. The molecular formula is C18H10F4N4. The van der Waals surface area contributed by atoms with Crippen LogP contribution in [0.5, 0.6) is 0 Å². The molecule has 0 aliphatic heterocycles. The topological polar surface area (TPSA) is 65.4 Å². The van der Waals surface area contributed by atoms with E-state index in [4.69, 9.17) is 5.26 Å². The summed E-state index contributed by atoms with van der Waals surface area (Å²) in [7, 11) is 0. The van der Waals surface area contributed by atoms with Gasteiger partial charge in [0.15, 0.2) is 5.69 Å². The Hall–Kier alpha value is -3.47. The molecule has 1 N–H and O–H groups in total. The van der Waals surface area contributed by atoms with Gasteiger partial charge in [0.2, 0.25) is 0 Å². The quantitative estimate of drug-likeness (QED) is 0.546. The lowest BCUT2D eigenvalue weighted by atomic mass is 10.0. The number of aromatic nitrogens is 3. The van der Waals surface area contributed by atoms with Gasteiger partial charge in [0.05, 0.1) is 5.56 Å². The van der Waals surface area contributed by atoms with Crippen molar-refractivity contribution in [3.63, 3.8) is 0 Å². The highest BCUT2D eigenvalue weighted by Crippen LogP contribution is 2.32. The summed E-state index contributed by atoms with van der Waals surface area (Å²) in [4.78, 5) is 0. The van der Waals surface area contributed by atoms with E-state index in [1.807, 2.05) is 6.07 Å². The van der Waals surface area contributed by atoms with Gasteiger partial charge in [-0.15, -0.1) is 5.10 Å². The number of H-pyrrole nitrogens is 1. The summed E-state index contributed by atoms with van der Waals surface area (Å²) in [6.45, 7) is 0. The third-order valence-corrected chi connectivity index (χ3v) is 3.58. The van der Waals surface area contributed by atoms with Crippen LogP contribution in [0.3, 0.4) is 0 Å². The first-order chi connectivity index (χ1) is 12.4. The normalized spacial score (nSPS) is 11.7. The van der Waals surface area contributed by atoms with Crippen molar-refractivity contribution in [2.45, 2.75) is 6.18 Å². The number of nitrogens with zero attached hydrogens (tertiary/aromatic N) is 3. The molecule has 0 atom stereocenters. The molecule has 0 saturated heterocycles. The maximum Gasteiger partial charge on any atom is 0.419 e. The van der Waals surface area contributed by atoms with E-state index < -0.39 is 17.6 Å². The van der Waals surface area contributed by atoms with Gasteiger partial charge in [-0.2, -0.15) is 28.7 Å². The van der Waals surface area contributed by atoms with Gasteiger partial charge < -0.3 is 0 Å². The van der Waals surface area contributed by atoms with E-state index in [9.17, 15) is 17.6 Å². The van der Waals surface area contributed by atoms with Crippen LogP contribution >= 0.6 is 0 Å². The molecule has 2 aromatic carbocycles. The summed E-state index contributed by atoms with van der Waals surface area (Å²) in [6, 6.07) is 11.6. The molecule has 26 heavy (non-hydrogen) atoms. The first kappa shape index (κ1) is 17.4. The highest BCUT2D eigenvalue weighted by molar-refractivity contribution is 5.74. The lowest BCUT2D eigenvalue weighted by Crippen LogP contribution is -2.08. The zero-order valence-electron chi connectivity index (χ0n) is 13.0. The molecule has 4 nitrogen and oxygen atoms in total. The molecule has 0 aliphatic carbocycles. The van der Waals surface area contributed by atoms with Crippen LogP contribution in [0.25, 0.3) is 23.4 Å². The van der Waals surface area contributed by atoms with E-state index in [0.717, 1.165) is 12.1 Å². The molecule has 0 saturated carbocycles. The van der Waals surface area contributed by atoms with Crippen molar-refractivity contribution in [1.82, 2.24) is 15.4 Å². The third kappa shape index (κ3) is 3.62. The number of nitriles is 1. The monoisotopic (exact) mass is 358 g/mol. The summed E-state index contributed by atoms with van der Waals surface area (Å²) in [6.07, 6.45) is -1.72.